The lowest BCUT2D eigenvalue weighted by atomic mass is 10.2. The SMILES string of the molecule is CCSc1cc(C(F)(F)F)cnc1-c1nc2cc(OC(F)(F)Br)ncc2n1C. The maximum atomic E-state index is 13.0. The summed E-state index contributed by atoms with van der Waals surface area (Å²) in [6, 6.07) is 2.23. The highest BCUT2D eigenvalue weighted by Crippen LogP contribution is 2.37. The van der Waals surface area contributed by atoms with Crippen LogP contribution in [0.4, 0.5) is 22.0 Å². The second kappa shape index (κ2) is 7.47. The predicted molar refractivity (Wildman–Crippen MR) is 97.6 cm³/mol. The molecule has 5 nitrogen and oxygen atoms in total. The number of aromatic nitrogens is 4. The molecule has 3 aromatic heterocycles. The van der Waals surface area contributed by atoms with Crippen LogP contribution in [0.3, 0.4) is 0 Å². The Labute approximate surface area is 168 Å². The number of pyridine rings is 2. The Morgan fingerprint density at radius 3 is 2.46 bits per heavy atom. The minimum absolute atomic E-state index is 0.256. The summed E-state index contributed by atoms with van der Waals surface area (Å²) < 4.78 is 70.9. The van der Waals surface area contributed by atoms with Gasteiger partial charge in [-0.2, -0.15) is 22.0 Å². The van der Waals surface area contributed by atoms with Gasteiger partial charge in [-0.1, -0.05) is 6.92 Å². The topological polar surface area (TPSA) is 52.8 Å². The fourth-order valence-corrected chi connectivity index (χ4v) is 3.46. The summed E-state index contributed by atoms with van der Waals surface area (Å²) in [5.74, 6) is 0.451. The molecule has 0 spiro atoms. The molecule has 0 aromatic carbocycles. The van der Waals surface area contributed by atoms with E-state index in [1.807, 2.05) is 0 Å². The quantitative estimate of drug-likeness (QED) is 0.273. The van der Waals surface area contributed by atoms with Crippen molar-refractivity contribution < 1.29 is 26.7 Å². The summed E-state index contributed by atoms with van der Waals surface area (Å²) in [5.41, 5.74) is 0.164. The van der Waals surface area contributed by atoms with E-state index in [2.05, 4.69) is 35.6 Å². The van der Waals surface area contributed by atoms with Gasteiger partial charge in [-0.3, -0.25) is 4.98 Å². The summed E-state index contributed by atoms with van der Waals surface area (Å²) in [6.07, 6.45) is -2.48. The second-order valence-corrected chi connectivity index (χ2v) is 7.78. The van der Waals surface area contributed by atoms with Crippen LogP contribution in [0.1, 0.15) is 12.5 Å². The monoisotopic (exact) mass is 482 g/mol. The standard InChI is InChI=1S/C16H12BrF5N4OS/c1-3-28-11-4-8(15(18,19)20)6-24-13(11)14-25-9-5-12(27-16(17,21)22)23-7-10(9)26(14)2/h4-7H,3H2,1-2H3. The third-order valence-electron chi connectivity index (χ3n) is 3.65. The highest BCUT2D eigenvalue weighted by molar-refractivity contribution is 9.09. The van der Waals surface area contributed by atoms with Gasteiger partial charge in [-0.25, -0.2) is 9.97 Å². The molecular formula is C16H12BrF5N4OS. The zero-order valence-electron chi connectivity index (χ0n) is 14.4. The van der Waals surface area contributed by atoms with Crippen molar-refractivity contribution in [1.82, 2.24) is 19.5 Å². The number of aryl methyl sites for hydroxylation is 1. The highest BCUT2D eigenvalue weighted by atomic mass is 79.9. The van der Waals surface area contributed by atoms with Gasteiger partial charge in [-0.05, 0) is 11.8 Å². The lowest BCUT2D eigenvalue weighted by Crippen LogP contribution is -2.15. The molecule has 0 fully saturated rings. The van der Waals surface area contributed by atoms with Crippen molar-refractivity contribution in [3.63, 3.8) is 0 Å². The smallest absolute Gasteiger partial charge is 0.406 e. The molecule has 0 aliphatic carbocycles. The Kier molecular flexibility index (Phi) is 5.54. The minimum atomic E-state index is -4.52. The van der Waals surface area contributed by atoms with Crippen LogP contribution in [0.15, 0.2) is 29.4 Å². The number of hydrogen-bond acceptors (Lipinski definition) is 5. The fraction of sp³-hybridized carbons (Fsp3) is 0.312. The number of halogens is 6. The third kappa shape index (κ3) is 4.37. The number of alkyl halides is 6. The van der Waals surface area contributed by atoms with Crippen molar-refractivity contribution in [2.75, 3.05) is 5.75 Å². The number of fused-ring (bicyclic) bond motifs is 1. The molecule has 12 heteroatoms. The second-order valence-electron chi connectivity index (χ2n) is 5.55. The molecule has 0 aliphatic rings. The highest BCUT2D eigenvalue weighted by Gasteiger charge is 2.32. The molecule has 0 radical (unpaired) electrons. The van der Waals surface area contributed by atoms with Crippen LogP contribution in [0.5, 0.6) is 5.88 Å². The van der Waals surface area contributed by atoms with Gasteiger partial charge in [0.2, 0.25) is 5.88 Å². The van der Waals surface area contributed by atoms with Gasteiger partial charge in [-0.15, -0.1) is 11.8 Å². The number of rotatable bonds is 5. The van der Waals surface area contributed by atoms with Gasteiger partial charge < -0.3 is 9.30 Å². The molecule has 3 heterocycles. The molecule has 0 amide bonds. The first-order valence-electron chi connectivity index (χ1n) is 7.78. The van der Waals surface area contributed by atoms with Crippen molar-refractivity contribution >= 4 is 38.7 Å². The molecular weight excluding hydrogens is 471 g/mol. The Morgan fingerprint density at radius 2 is 1.86 bits per heavy atom. The van der Waals surface area contributed by atoms with Gasteiger partial charge in [0.15, 0.2) is 5.82 Å². The maximum absolute atomic E-state index is 13.0. The molecule has 0 unspecified atom stereocenters. The van der Waals surface area contributed by atoms with Gasteiger partial charge in [0.05, 0.1) is 22.8 Å². The van der Waals surface area contributed by atoms with E-state index in [1.54, 1.807) is 18.5 Å². The van der Waals surface area contributed by atoms with Crippen LogP contribution in [-0.4, -0.2) is 30.3 Å². The molecule has 3 rings (SSSR count). The summed E-state index contributed by atoms with van der Waals surface area (Å²) in [4.78, 5) is 12.4. The van der Waals surface area contributed by atoms with E-state index in [1.165, 1.54) is 24.0 Å². The van der Waals surface area contributed by atoms with E-state index in [0.29, 0.717) is 16.2 Å². The molecule has 28 heavy (non-hydrogen) atoms. The Hall–Kier alpha value is -1.95. The first kappa shape index (κ1) is 20.8. The van der Waals surface area contributed by atoms with E-state index in [0.717, 1.165) is 12.3 Å². The number of thioether (sulfide) groups is 1. The van der Waals surface area contributed by atoms with Gasteiger partial charge in [0.1, 0.15) is 5.69 Å². The van der Waals surface area contributed by atoms with Crippen LogP contribution in [-0.2, 0) is 13.2 Å². The summed E-state index contributed by atoms with van der Waals surface area (Å²) in [7, 11) is 1.63. The van der Waals surface area contributed by atoms with Gasteiger partial charge in [0, 0.05) is 40.1 Å². The zero-order chi connectivity index (χ0) is 20.7. The predicted octanol–water partition coefficient (Wildman–Crippen LogP) is 5.49. The molecule has 0 saturated heterocycles. The van der Waals surface area contributed by atoms with E-state index in [-0.39, 0.29) is 22.9 Å². The van der Waals surface area contributed by atoms with E-state index < -0.39 is 16.8 Å². The minimum Gasteiger partial charge on any atom is -0.406 e. The first-order chi connectivity index (χ1) is 13.0. The summed E-state index contributed by atoms with van der Waals surface area (Å²) >= 11 is 3.25. The number of hydrogen-bond donors (Lipinski definition) is 0. The number of imidazole rings is 1. The Morgan fingerprint density at radius 1 is 1.14 bits per heavy atom. The third-order valence-corrected chi connectivity index (χ3v) is 4.73. The molecule has 3 aromatic rings. The summed E-state index contributed by atoms with van der Waals surface area (Å²) in [5, 5.41) is -3.59. The normalized spacial score (nSPS) is 12.6. The van der Waals surface area contributed by atoms with Gasteiger partial charge in [0.25, 0.3) is 0 Å². The largest absolute Gasteiger partial charge is 0.460 e. The average molecular weight is 483 g/mol. The first-order valence-corrected chi connectivity index (χ1v) is 9.56. The summed E-state index contributed by atoms with van der Waals surface area (Å²) in [6.45, 7) is 1.80. The van der Waals surface area contributed by atoms with Crippen LogP contribution in [0.25, 0.3) is 22.6 Å². The maximum Gasteiger partial charge on any atom is 0.460 e. The molecule has 150 valence electrons. The van der Waals surface area contributed by atoms with Crippen molar-refractivity contribution in [1.29, 1.82) is 0 Å². The van der Waals surface area contributed by atoms with Crippen molar-refractivity contribution in [2.24, 2.45) is 7.05 Å². The zero-order valence-corrected chi connectivity index (χ0v) is 16.8. The average Bonchev–Trinajstić information content (AvgIpc) is 2.89. The number of ether oxygens (including phenoxy) is 1. The van der Waals surface area contributed by atoms with Crippen LogP contribution >= 0.6 is 27.7 Å². The van der Waals surface area contributed by atoms with Gasteiger partial charge >= 0.3 is 11.2 Å². The van der Waals surface area contributed by atoms with Crippen LogP contribution < -0.4 is 4.74 Å². The van der Waals surface area contributed by atoms with E-state index in [9.17, 15) is 22.0 Å². The van der Waals surface area contributed by atoms with Crippen LogP contribution in [0.2, 0.25) is 0 Å². The molecule has 0 aliphatic heterocycles. The Bertz CT molecular complexity index is 1020. The van der Waals surface area contributed by atoms with Crippen molar-refractivity contribution in [3.05, 3.63) is 30.1 Å². The fourth-order valence-electron chi connectivity index (χ4n) is 2.49. The lowest BCUT2D eigenvalue weighted by molar-refractivity contribution is -0.138. The molecule has 0 atom stereocenters. The number of nitrogens with zero attached hydrogens (tertiary/aromatic N) is 4. The Balaban J connectivity index is 2.11. The molecule has 0 saturated carbocycles. The molecule has 0 N–H and O–H groups in total. The van der Waals surface area contributed by atoms with Crippen LogP contribution in [0, 0.1) is 0 Å². The van der Waals surface area contributed by atoms with E-state index in [4.69, 9.17) is 0 Å². The van der Waals surface area contributed by atoms with E-state index >= 15 is 0 Å². The lowest BCUT2D eigenvalue weighted by Gasteiger charge is -2.12. The molecule has 0 bridgehead atoms. The van der Waals surface area contributed by atoms with Crippen molar-refractivity contribution in [3.8, 4) is 17.4 Å². The van der Waals surface area contributed by atoms with Crippen molar-refractivity contribution in [2.45, 2.75) is 23.0 Å².